The highest BCUT2D eigenvalue weighted by atomic mass is 16.5. The molecule has 5 heteroatoms. The van der Waals surface area contributed by atoms with Gasteiger partial charge in [0, 0.05) is 18.7 Å². The predicted octanol–water partition coefficient (Wildman–Crippen LogP) is 2.50. The second-order valence-corrected chi connectivity index (χ2v) is 5.76. The van der Waals surface area contributed by atoms with E-state index < -0.39 is 12.0 Å². The van der Waals surface area contributed by atoms with Gasteiger partial charge in [0.05, 0.1) is 7.11 Å². The fraction of sp³-hybridized carbons (Fsp3) is 0.529. The van der Waals surface area contributed by atoms with Crippen molar-refractivity contribution >= 4 is 17.6 Å². The zero-order valence-electron chi connectivity index (χ0n) is 13.8. The number of benzene rings is 1. The molecule has 0 radical (unpaired) electrons. The molecule has 0 unspecified atom stereocenters. The minimum absolute atomic E-state index is 0.155. The van der Waals surface area contributed by atoms with Crippen molar-refractivity contribution < 1.29 is 14.3 Å². The molecule has 1 atom stereocenters. The highest BCUT2D eigenvalue weighted by Gasteiger charge is 2.22. The predicted molar refractivity (Wildman–Crippen MR) is 87.7 cm³/mol. The number of amides is 1. The molecule has 5 nitrogen and oxygen atoms in total. The summed E-state index contributed by atoms with van der Waals surface area (Å²) < 4.78 is 4.73. The number of hydrogen-bond acceptors (Lipinski definition) is 4. The third-order valence-corrected chi connectivity index (χ3v) is 3.34. The van der Waals surface area contributed by atoms with Gasteiger partial charge in [0.1, 0.15) is 6.04 Å². The van der Waals surface area contributed by atoms with Crippen molar-refractivity contribution in [2.45, 2.75) is 39.7 Å². The van der Waals surface area contributed by atoms with Gasteiger partial charge < -0.3 is 15.4 Å². The van der Waals surface area contributed by atoms with Gasteiger partial charge in [-0.05, 0) is 30.9 Å². The number of hydrogen-bond donors (Lipinski definition) is 2. The summed E-state index contributed by atoms with van der Waals surface area (Å²) in [4.78, 5) is 23.6. The van der Waals surface area contributed by atoms with E-state index in [-0.39, 0.29) is 5.91 Å². The van der Waals surface area contributed by atoms with Crippen LogP contribution >= 0.6 is 0 Å². The first kappa shape index (κ1) is 18.0. The molecule has 122 valence electrons. The van der Waals surface area contributed by atoms with Crippen LogP contribution in [0.3, 0.4) is 0 Å². The third-order valence-electron chi connectivity index (χ3n) is 3.34. The van der Waals surface area contributed by atoms with Crippen molar-refractivity contribution in [2.24, 2.45) is 5.92 Å². The Bertz CT molecular complexity index is 500. The lowest BCUT2D eigenvalue weighted by Gasteiger charge is -2.18. The van der Waals surface area contributed by atoms with Crippen LogP contribution in [0.15, 0.2) is 24.3 Å². The van der Waals surface area contributed by atoms with E-state index in [1.165, 1.54) is 7.11 Å². The van der Waals surface area contributed by atoms with Gasteiger partial charge in [-0.3, -0.25) is 4.79 Å². The van der Waals surface area contributed by atoms with E-state index in [1.54, 1.807) is 0 Å². The molecule has 1 aromatic rings. The van der Waals surface area contributed by atoms with Gasteiger partial charge in [-0.15, -0.1) is 0 Å². The molecule has 0 bridgehead atoms. The Morgan fingerprint density at radius 2 is 1.91 bits per heavy atom. The van der Waals surface area contributed by atoms with Gasteiger partial charge >= 0.3 is 5.97 Å². The Balaban J connectivity index is 2.43. The van der Waals surface area contributed by atoms with Crippen molar-refractivity contribution in [3.63, 3.8) is 0 Å². The molecule has 0 aliphatic rings. The van der Waals surface area contributed by atoms with Crippen LogP contribution in [-0.4, -0.2) is 31.6 Å². The molecule has 0 heterocycles. The van der Waals surface area contributed by atoms with E-state index in [4.69, 9.17) is 4.74 Å². The van der Waals surface area contributed by atoms with Crippen LogP contribution in [0.4, 0.5) is 5.69 Å². The topological polar surface area (TPSA) is 67.4 Å². The number of aryl methyl sites for hydroxylation is 1. The summed E-state index contributed by atoms with van der Waals surface area (Å²) in [6.07, 6.45) is 0.879. The molecular formula is C17H26N2O3. The van der Waals surface area contributed by atoms with Crippen LogP contribution in [-0.2, 0) is 14.3 Å². The van der Waals surface area contributed by atoms with Gasteiger partial charge in [-0.2, -0.15) is 0 Å². The van der Waals surface area contributed by atoms with Crippen LogP contribution in [0, 0.1) is 12.8 Å². The number of rotatable bonds is 8. The van der Waals surface area contributed by atoms with Crippen molar-refractivity contribution in [3.05, 3.63) is 29.8 Å². The van der Waals surface area contributed by atoms with Gasteiger partial charge in [0.2, 0.25) is 5.91 Å². The fourth-order valence-electron chi connectivity index (χ4n) is 2.18. The zero-order chi connectivity index (χ0) is 16.5. The summed E-state index contributed by atoms with van der Waals surface area (Å²) >= 11 is 0. The molecule has 0 aliphatic carbocycles. The lowest BCUT2D eigenvalue weighted by atomic mass is 10.0. The number of anilines is 1. The zero-order valence-corrected chi connectivity index (χ0v) is 13.8. The number of ether oxygens (including phenoxy) is 1. The van der Waals surface area contributed by atoms with Crippen molar-refractivity contribution in [1.82, 2.24) is 5.32 Å². The van der Waals surface area contributed by atoms with Gasteiger partial charge in [-0.25, -0.2) is 4.79 Å². The van der Waals surface area contributed by atoms with Crippen LogP contribution in [0.1, 0.15) is 32.3 Å². The Kier molecular flexibility index (Phi) is 7.43. The Labute approximate surface area is 132 Å². The first-order valence-corrected chi connectivity index (χ1v) is 7.60. The number of nitrogens with one attached hydrogen (secondary N) is 2. The lowest BCUT2D eigenvalue weighted by Crippen LogP contribution is -2.42. The monoisotopic (exact) mass is 306 g/mol. The quantitative estimate of drug-likeness (QED) is 0.724. The number of methoxy groups -OCH3 is 1. The highest BCUT2D eigenvalue weighted by Crippen LogP contribution is 2.12. The van der Waals surface area contributed by atoms with Crippen LogP contribution in [0.5, 0.6) is 0 Å². The van der Waals surface area contributed by atoms with E-state index >= 15 is 0 Å². The average Bonchev–Trinajstić information content (AvgIpc) is 2.47. The average molecular weight is 306 g/mol. The summed E-state index contributed by atoms with van der Waals surface area (Å²) in [7, 11) is 1.33. The maximum absolute atomic E-state index is 12.0. The Morgan fingerprint density at radius 3 is 2.50 bits per heavy atom. The second kappa shape index (κ2) is 9.07. The van der Waals surface area contributed by atoms with E-state index in [0.717, 1.165) is 11.3 Å². The fourth-order valence-corrected chi connectivity index (χ4v) is 2.18. The maximum Gasteiger partial charge on any atom is 0.328 e. The number of carbonyl (C=O) groups is 2. The largest absolute Gasteiger partial charge is 0.467 e. The SMILES string of the molecule is COC(=O)[C@@H](CC(C)C)NC(=O)CCNc1ccccc1C. The van der Waals surface area contributed by atoms with E-state index in [9.17, 15) is 9.59 Å². The molecule has 0 saturated carbocycles. The molecule has 0 aliphatic heterocycles. The molecule has 2 N–H and O–H groups in total. The van der Waals surface area contributed by atoms with Gasteiger partial charge in [-0.1, -0.05) is 32.0 Å². The molecular weight excluding hydrogens is 280 g/mol. The van der Waals surface area contributed by atoms with Gasteiger partial charge in [0.15, 0.2) is 0 Å². The molecule has 0 fully saturated rings. The van der Waals surface area contributed by atoms with Crippen molar-refractivity contribution in [1.29, 1.82) is 0 Å². The lowest BCUT2D eigenvalue weighted by molar-refractivity contribution is -0.145. The van der Waals surface area contributed by atoms with Crippen molar-refractivity contribution in [3.8, 4) is 0 Å². The standard InChI is InChI=1S/C17H26N2O3/c1-12(2)11-15(17(21)22-4)19-16(20)9-10-18-14-8-6-5-7-13(14)3/h5-8,12,15,18H,9-11H2,1-4H3,(H,19,20)/t15-/m1/s1. The third kappa shape index (κ3) is 6.16. The minimum Gasteiger partial charge on any atom is -0.467 e. The Morgan fingerprint density at radius 1 is 1.23 bits per heavy atom. The number of carbonyl (C=O) groups excluding carboxylic acids is 2. The van der Waals surface area contributed by atoms with Gasteiger partial charge in [0.25, 0.3) is 0 Å². The minimum atomic E-state index is -0.573. The number of para-hydroxylation sites is 1. The van der Waals surface area contributed by atoms with Crippen LogP contribution in [0.2, 0.25) is 0 Å². The smallest absolute Gasteiger partial charge is 0.328 e. The highest BCUT2D eigenvalue weighted by molar-refractivity contribution is 5.84. The molecule has 0 spiro atoms. The molecule has 0 aromatic heterocycles. The first-order valence-electron chi connectivity index (χ1n) is 7.60. The van der Waals surface area contributed by atoms with E-state index in [0.29, 0.717) is 25.3 Å². The van der Waals surface area contributed by atoms with Crippen molar-refractivity contribution in [2.75, 3.05) is 19.0 Å². The summed E-state index contributed by atoms with van der Waals surface area (Å²) in [6, 6.07) is 7.34. The summed E-state index contributed by atoms with van der Waals surface area (Å²) in [5.74, 6) is -0.249. The van der Waals surface area contributed by atoms with Crippen LogP contribution < -0.4 is 10.6 Å². The summed E-state index contributed by atoms with van der Waals surface area (Å²) in [5, 5.41) is 5.97. The Hall–Kier alpha value is -2.04. The molecule has 0 saturated heterocycles. The summed E-state index contributed by atoms with van der Waals surface area (Å²) in [6.45, 7) is 6.54. The van der Waals surface area contributed by atoms with E-state index in [2.05, 4.69) is 10.6 Å². The molecule has 1 amide bonds. The summed E-state index contributed by atoms with van der Waals surface area (Å²) in [5.41, 5.74) is 2.15. The normalized spacial score (nSPS) is 11.9. The van der Waals surface area contributed by atoms with E-state index in [1.807, 2.05) is 45.0 Å². The number of esters is 1. The van der Waals surface area contributed by atoms with Crippen LogP contribution in [0.25, 0.3) is 0 Å². The first-order chi connectivity index (χ1) is 10.4. The second-order valence-electron chi connectivity index (χ2n) is 5.76. The maximum atomic E-state index is 12.0. The molecule has 1 aromatic carbocycles. The molecule has 22 heavy (non-hydrogen) atoms. The molecule has 1 rings (SSSR count).